The minimum Gasteiger partial charge on any atom is -0.385 e. The number of halogens is 1. The Morgan fingerprint density at radius 3 is 2.78 bits per heavy atom. The Bertz CT molecular complexity index is 461. The molecule has 1 amide bonds. The van der Waals surface area contributed by atoms with E-state index in [0.29, 0.717) is 17.4 Å². The highest BCUT2D eigenvalue weighted by Crippen LogP contribution is 2.38. The third kappa shape index (κ3) is 2.47. The van der Waals surface area contributed by atoms with Gasteiger partial charge in [-0.25, -0.2) is 4.39 Å². The van der Waals surface area contributed by atoms with E-state index in [-0.39, 0.29) is 11.6 Å². The van der Waals surface area contributed by atoms with Gasteiger partial charge in [0.05, 0.1) is 11.3 Å². The van der Waals surface area contributed by atoms with Crippen molar-refractivity contribution < 1.29 is 9.18 Å². The number of amides is 1. The topological polar surface area (TPSA) is 32.3 Å². The van der Waals surface area contributed by atoms with Gasteiger partial charge in [0.25, 0.3) is 5.91 Å². The van der Waals surface area contributed by atoms with Crippen LogP contribution in [0.1, 0.15) is 23.7 Å². The summed E-state index contributed by atoms with van der Waals surface area (Å²) in [7, 11) is 3.40. The first kappa shape index (κ1) is 12.9. The maximum Gasteiger partial charge on any atom is 0.255 e. The molecule has 18 heavy (non-hydrogen) atoms. The molecular formula is C14H19FN2O. The number of carbonyl (C=O) groups is 1. The Kier molecular flexibility index (Phi) is 3.55. The van der Waals surface area contributed by atoms with Gasteiger partial charge in [-0.3, -0.25) is 4.79 Å². The average molecular weight is 250 g/mol. The zero-order chi connectivity index (χ0) is 13.3. The molecule has 0 spiro atoms. The largest absolute Gasteiger partial charge is 0.385 e. The fraction of sp³-hybridized carbons (Fsp3) is 0.500. The number of rotatable bonds is 4. The Labute approximate surface area is 107 Å². The van der Waals surface area contributed by atoms with Gasteiger partial charge in [-0.1, -0.05) is 13.0 Å². The molecule has 1 aromatic carbocycles. The number of anilines is 1. The van der Waals surface area contributed by atoms with Crippen molar-refractivity contribution in [3.05, 3.63) is 29.6 Å². The van der Waals surface area contributed by atoms with Crippen molar-refractivity contribution in [2.24, 2.45) is 11.8 Å². The van der Waals surface area contributed by atoms with Crippen molar-refractivity contribution in [2.75, 3.05) is 26.0 Å². The number of hydrogen-bond acceptors (Lipinski definition) is 2. The van der Waals surface area contributed by atoms with Gasteiger partial charge in [-0.05, 0) is 30.4 Å². The van der Waals surface area contributed by atoms with Crippen LogP contribution in [0.5, 0.6) is 0 Å². The first-order chi connectivity index (χ1) is 8.54. The second-order valence-corrected chi connectivity index (χ2v) is 5.07. The maximum absolute atomic E-state index is 13.6. The molecule has 0 bridgehead atoms. The van der Waals surface area contributed by atoms with Crippen LogP contribution in [-0.2, 0) is 0 Å². The average Bonchev–Trinajstić information content (AvgIpc) is 3.03. The van der Waals surface area contributed by atoms with E-state index >= 15 is 0 Å². The molecule has 1 aromatic rings. The lowest BCUT2D eigenvalue weighted by Gasteiger charge is -2.19. The maximum atomic E-state index is 13.6. The van der Waals surface area contributed by atoms with Gasteiger partial charge in [-0.15, -0.1) is 0 Å². The van der Waals surface area contributed by atoms with E-state index in [2.05, 4.69) is 12.2 Å². The van der Waals surface area contributed by atoms with E-state index in [0.717, 1.165) is 6.54 Å². The first-order valence-corrected chi connectivity index (χ1v) is 6.26. The number of nitrogens with zero attached hydrogens (tertiary/aromatic N) is 1. The van der Waals surface area contributed by atoms with Crippen LogP contribution in [0.2, 0.25) is 0 Å². The zero-order valence-corrected chi connectivity index (χ0v) is 11.0. The summed E-state index contributed by atoms with van der Waals surface area (Å²) < 4.78 is 13.6. The molecule has 98 valence electrons. The second kappa shape index (κ2) is 4.96. The monoisotopic (exact) mass is 250 g/mol. The first-order valence-electron chi connectivity index (χ1n) is 6.26. The van der Waals surface area contributed by atoms with E-state index in [1.807, 2.05) is 0 Å². The van der Waals surface area contributed by atoms with Gasteiger partial charge < -0.3 is 10.2 Å². The van der Waals surface area contributed by atoms with Crippen molar-refractivity contribution in [1.29, 1.82) is 0 Å². The van der Waals surface area contributed by atoms with Crippen LogP contribution in [-0.4, -0.2) is 31.4 Å². The third-order valence-electron chi connectivity index (χ3n) is 3.63. The molecule has 0 aliphatic heterocycles. The molecule has 2 rings (SSSR count). The number of para-hydroxylation sites is 1. The van der Waals surface area contributed by atoms with Crippen molar-refractivity contribution in [2.45, 2.75) is 13.3 Å². The molecule has 0 aromatic heterocycles. The van der Waals surface area contributed by atoms with Crippen LogP contribution in [0.15, 0.2) is 18.2 Å². The summed E-state index contributed by atoms with van der Waals surface area (Å²) in [6.45, 7) is 2.93. The van der Waals surface area contributed by atoms with Gasteiger partial charge in [0, 0.05) is 20.6 Å². The Morgan fingerprint density at radius 2 is 2.22 bits per heavy atom. The Balaban J connectivity index is 2.15. The van der Waals surface area contributed by atoms with Crippen LogP contribution >= 0.6 is 0 Å². The Morgan fingerprint density at radius 1 is 1.56 bits per heavy atom. The SMILES string of the molecule is CNc1c(F)cccc1C(=O)N(C)CC1CC1C. The molecule has 3 nitrogen and oxygen atoms in total. The highest BCUT2D eigenvalue weighted by molar-refractivity contribution is 5.99. The molecular weight excluding hydrogens is 231 g/mol. The summed E-state index contributed by atoms with van der Waals surface area (Å²) in [6.07, 6.45) is 1.18. The standard InChI is InChI=1S/C14H19FN2O/c1-9-7-10(9)8-17(3)14(18)11-5-4-6-12(15)13(11)16-2/h4-6,9-10,16H,7-8H2,1-3H3. The number of nitrogens with one attached hydrogen (secondary N) is 1. The lowest BCUT2D eigenvalue weighted by molar-refractivity contribution is 0.0787. The van der Waals surface area contributed by atoms with Gasteiger partial charge in [-0.2, -0.15) is 0 Å². The number of benzene rings is 1. The summed E-state index contributed by atoms with van der Waals surface area (Å²) in [5.41, 5.74) is 0.673. The van der Waals surface area contributed by atoms with Gasteiger partial charge >= 0.3 is 0 Å². The summed E-state index contributed by atoms with van der Waals surface area (Å²) >= 11 is 0. The molecule has 1 fully saturated rings. The molecule has 0 radical (unpaired) electrons. The van der Waals surface area contributed by atoms with E-state index in [1.54, 1.807) is 31.1 Å². The minimum absolute atomic E-state index is 0.127. The van der Waals surface area contributed by atoms with E-state index in [4.69, 9.17) is 0 Å². The number of hydrogen-bond donors (Lipinski definition) is 1. The highest BCUT2D eigenvalue weighted by atomic mass is 19.1. The highest BCUT2D eigenvalue weighted by Gasteiger charge is 2.34. The van der Waals surface area contributed by atoms with Gasteiger partial charge in [0.15, 0.2) is 0 Å². The molecule has 4 heteroatoms. The van der Waals surface area contributed by atoms with Crippen molar-refractivity contribution >= 4 is 11.6 Å². The summed E-state index contributed by atoms with van der Waals surface area (Å²) in [4.78, 5) is 14.0. The van der Waals surface area contributed by atoms with Crippen LogP contribution in [0.4, 0.5) is 10.1 Å². The molecule has 1 saturated carbocycles. The smallest absolute Gasteiger partial charge is 0.255 e. The van der Waals surface area contributed by atoms with Crippen LogP contribution < -0.4 is 5.32 Å². The van der Waals surface area contributed by atoms with Crippen molar-refractivity contribution in [1.82, 2.24) is 4.90 Å². The minimum atomic E-state index is -0.392. The van der Waals surface area contributed by atoms with Gasteiger partial charge in [0.2, 0.25) is 0 Å². The van der Waals surface area contributed by atoms with E-state index in [9.17, 15) is 9.18 Å². The zero-order valence-electron chi connectivity index (χ0n) is 11.0. The summed E-state index contributed by atoms with van der Waals surface area (Å²) in [5, 5.41) is 2.75. The Hall–Kier alpha value is -1.58. The van der Waals surface area contributed by atoms with Crippen LogP contribution in [0.25, 0.3) is 0 Å². The summed E-state index contributed by atoms with van der Waals surface area (Å²) in [5.74, 6) is 0.788. The quantitative estimate of drug-likeness (QED) is 0.890. The van der Waals surface area contributed by atoms with E-state index in [1.165, 1.54) is 12.5 Å². The normalized spacial score (nSPS) is 21.6. The van der Waals surface area contributed by atoms with Gasteiger partial charge in [0.1, 0.15) is 5.82 Å². The van der Waals surface area contributed by atoms with Crippen molar-refractivity contribution in [3.8, 4) is 0 Å². The molecule has 2 atom stereocenters. The molecule has 0 saturated heterocycles. The molecule has 1 N–H and O–H groups in total. The van der Waals surface area contributed by atoms with Crippen LogP contribution in [0.3, 0.4) is 0 Å². The molecule has 1 aliphatic carbocycles. The molecule has 2 unspecified atom stereocenters. The predicted octanol–water partition coefficient (Wildman–Crippen LogP) is 2.60. The summed E-state index contributed by atoms with van der Waals surface area (Å²) in [6, 6.07) is 4.58. The molecule has 1 aliphatic rings. The lowest BCUT2D eigenvalue weighted by Crippen LogP contribution is -2.29. The number of carbonyl (C=O) groups excluding carboxylic acids is 1. The lowest BCUT2D eigenvalue weighted by atomic mass is 10.1. The van der Waals surface area contributed by atoms with Crippen LogP contribution in [0, 0.1) is 17.7 Å². The van der Waals surface area contributed by atoms with Crippen molar-refractivity contribution in [3.63, 3.8) is 0 Å². The van der Waals surface area contributed by atoms with E-state index < -0.39 is 5.82 Å². The fourth-order valence-corrected chi connectivity index (χ4v) is 2.25. The second-order valence-electron chi connectivity index (χ2n) is 5.07. The fourth-order valence-electron chi connectivity index (χ4n) is 2.25. The predicted molar refractivity (Wildman–Crippen MR) is 70.2 cm³/mol. The third-order valence-corrected chi connectivity index (χ3v) is 3.63. The molecule has 0 heterocycles.